The number of carbonyl (C=O) groups is 1. The first kappa shape index (κ1) is 27.4. The van der Waals surface area contributed by atoms with Gasteiger partial charge in [-0.15, -0.1) is 0 Å². The summed E-state index contributed by atoms with van der Waals surface area (Å²) in [6.45, 7) is 4.62. The van der Waals surface area contributed by atoms with Gasteiger partial charge in [0.1, 0.15) is 23.7 Å². The maximum Gasteiger partial charge on any atom is 0.273 e. The average Bonchev–Trinajstić information content (AvgIpc) is 3.54. The van der Waals surface area contributed by atoms with E-state index in [0.29, 0.717) is 52.2 Å². The molecular weight excluding hydrogens is 550 g/mol. The fraction of sp³-hybridized carbons (Fsp3) is 0.176. The van der Waals surface area contributed by atoms with Gasteiger partial charge in [-0.1, -0.05) is 77.8 Å². The zero-order valence-electron chi connectivity index (χ0n) is 23.5. The molecule has 0 bridgehead atoms. The Kier molecular flexibility index (Phi) is 7.35. The summed E-state index contributed by atoms with van der Waals surface area (Å²) in [6, 6.07) is 26.5. The maximum absolute atomic E-state index is 13.9. The molecule has 1 aliphatic heterocycles. The van der Waals surface area contributed by atoms with Crippen LogP contribution in [0.5, 0.6) is 17.2 Å². The van der Waals surface area contributed by atoms with Crippen molar-refractivity contribution in [1.29, 1.82) is 0 Å². The number of nitrogens with zero attached hydrogens (tertiary/aromatic N) is 2. The summed E-state index contributed by atoms with van der Waals surface area (Å²) in [5, 5.41) is 18.8. The summed E-state index contributed by atoms with van der Waals surface area (Å²) in [6.07, 6.45) is 0. The molecule has 5 aromatic rings. The molecular formula is C34H30ClN3O4. The largest absolute Gasteiger partial charge is 0.507 e. The van der Waals surface area contributed by atoms with Crippen molar-refractivity contribution < 1.29 is 19.4 Å². The van der Waals surface area contributed by atoms with Gasteiger partial charge in [-0.25, -0.2) is 0 Å². The first-order valence-electron chi connectivity index (χ1n) is 13.6. The summed E-state index contributed by atoms with van der Waals surface area (Å²) < 4.78 is 11.9. The molecule has 42 heavy (non-hydrogen) atoms. The fourth-order valence-electron chi connectivity index (χ4n) is 5.37. The number of aromatic nitrogens is 2. The van der Waals surface area contributed by atoms with Crippen molar-refractivity contribution in [1.82, 2.24) is 15.1 Å². The van der Waals surface area contributed by atoms with E-state index in [1.54, 1.807) is 19.2 Å². The van der Waals surface area contributed by atoms with E-state index in [4.69, 9.17) is 21.1 Å². The van der Waals surface area contributed by atoms with Gasteiger partial charge in [-0.3, -0.25) is 9.89 Å². The van der Waals surface area contributed by atoms with E-state index in [-0.39, 0.29) is 11.7 Å². The van der Waals surface area contributed by atoms with E-state index in [9.17, 15) is 9.90 Å². The zero-order valence-corrected chi connectivity index (χ0v) is 24.3. The molecule has 0 saturated heterocycles. The van der Waals surface area contributed by atoms with Crippen LogP contribution >= 0.6 is 11.6 Å². The molecule has 1 aromatic heterocycles. The van der Waals surface area contributed by atoms with Gasteiger partial charge in [-0.2, -0.15) is 5.10 Å². The van der Waals surface area contributed by atoms with Crippen molar-refractivity contribution >= 4 is 17.5 Å². The van der Waals surface area contributed by atoms with Gasteiger partial charge in [0, 0.05) is 22.7 Å². The zero-order chi connectivity index (χ0) is 29.4. The third-order valence-corrected chi connectivity index (χ3v) is 8.02. The van der Waals surface area contributed by atoms with Gasteiger partial charge in [-0.05, 0) is 60.4 Å². The normalized spacial score (nSPS) is 14.2. The highest BCUT2D eigenvalue weighted by molar-refractivity contribution is 6.31. The first-order chi connectivity index (χ1) is 20.3. The molecule has 1 atom stereocenters. The van der Waals surface area contributed by atoms with Crippen molar-refractivity contribution in [2.24, 2.45) is 0 Å². The number of aromatic hydroxyl groups is 1. The van der Waals surface area contributed by atoms with Crippen LogP contribution in [0.3, 0.4) is 0 Å². The number of phenols is 1. The predicted octanol–water partition coefficient (Wildman–Crippen LogP) is 7.39. The Morgan fingerprint density at radius 3 is 2.45 bits per heavy atom. The number of hydrogen-bond acceptors (Lipinski definition) is 5. The van der Waals surface area contributed by atoms with E-state index in [2.05, 4.69) is 10.2 Å². The number of carbonyl (C=O) groups excluding carboxylic acids is 1. The Morgan fingerprint density at radius 1 is 0.952 bits per heavy atom. The van der Waals surface area contributed by atoms with E-state index < -0.39 is 6.04 Å². The molecule has 0 aliphatic carbocycles. The summed E-state index contributed by atoms with van der Waals surface area (Å²) in [7, 11) is 1.60. The SMILES string of the molecule is COc1cc(C2c3c(-c4cc(Cl)c(C)cc4O)n[nH]c3C(=O)N2Cc2ccc(C)cc2)ccc1OCc1ccccc1. The molecule has 1 aliphatic rings. The lowest BCUT2D eigenvalue weighted by Crippen LogP contribution is -2.29. The van der Waals surface area contributed by atoms with Crippen LogP contribution in [0.25, 0.3) is 11.3 Å². The molecule has 0 saturated carbocycles. The lowest BCUT2D eigenvalue weighted by Gasteiger charge is -2.27. The minimum atomic E-state index is -0.515. The minimum absolute atomic E-state index is 0.0385. The Hall–Kier alpha value is -4.75. The number of amides is 1. The van der Waals surface area contributed by atoms with Gasteiger partial charge in [0.15, 0.2) is 11.5 Å². The molecule has 212 valence electrons. The molecule has 0 fully saturated rings. The number of phenolic OH excluding ortho intramolecular Hbond substituents is 1. The van der Waals surface area contributed by atoms with Crippen molar-refractivity contribution in [3.8, 4) is 28.5 Å². The Morgan fingerprint density at radius 2 is 1.71 bits per heavy atom. The van der Waals surface area contributed by atoms with Gasteiger partial charge < -0.3 is 19.5 Å². The number of rotatable bonds is 8. The lowest BCUT2D eigenvalue weighted by atomic mass is 9.94. The average molecular weight is 580 g/mol. The van der Waals surface area contributed by atoms with Gasteiger partial charge in [0.25, 0.3) is 5.91 Å². The third kappa shape index (κ3) is 5.08. The number of benzene rings is 4. The van der Waals surface area contributed by atoms with Crippen molar-refractivity contribution in [2.45, 2.75) is 33.0 Å². The lowest BCUT2D eigenvalue weighted by molar-refractivity contribution is 0.0730. The smallest absolute Gasteiger partial charge is 0.273 e. The van der Waals surface area contributed by atoms with Crippen molar-refractivity contribution in [3.05, 3.63) is 129 Å². The summed E-state index contributed by atoms with van der Waals surface area (Å²) in [5.41, 5.74) is 6.71. The standard InChI is InChI=1S/C34H30ClN3O4/c1-20-9-11-22(12-10-20)18-38-33(24-13-14-28(29(16-24)41-3)42-19-23-7-5-4-6-8-23)30-31(36-37-32(30)34(38)40)25-17-26(35)21(2)15-27(25)39/h4-17,33,39H,18-19H2,1-3H3,(H,36,37). The van der Waals surface area contributed by atoms with Gasteiger partial charge in [0.2, 0.25) is 0 Å². The molecule has 2 N–H and O–H groups in total. The van der Waals surface area contributed by atoms with Crippen LogP contribution in [0, 0.1) is 13.8 Å². The number of aromatic amines is 1. The topological polar surface area (TPSA) is 87.7 Å². The second kappa shape index (κ2) is 11.3. The Balaban J connectivity index is 1.44. The maximum atomic E-state index is 13.9. The number of aryl methyl sites for hydroxylation is 2. The number of fused-ring (bicyclic) bond motifs is 1. The second-order valence-corrected chi connectivity index (χ2v) is 10.9. The van der Waals surface area contributed by atoms with Gasteiger partial charge in [0.05, 0.1) is 13.2 Å². The number of H-pyrrole nitrogens is 1. The van der Waals surface area contributed by atoms with E-state index in [0.717, 1.165) is 27.8 Å². The van der Waals surface area contributed by atoms with Crippen LogP contribution in [0.15, 0.2) is 84.9 Å². The highest BCUT2D eigenvalue weighted by Crippen LogP contribution is 2.47. The molecule has 2 heterocycles. The van der Waals surface area contributed by atoms with Crippen LogP contribution in [0.1, 0.15) is 49.9 Å². The predicted molar refractivity (Wildman–Crippen MR) is 162 cm³/mol. The van der Waals surface area contributed by atoms with Gasteiger partial charge >= 0.3 is 0 Å². The summed E-state index contributed by atoms with van der Waals surface area (Å²) in [4.78, 5) is 15.7. The molecule has 4 aromatic carbocycles. The van der Waals surface area contributed by atoms with Crippen LogP contribution < -0.4 is 9.47 Å². The molecule has 1 amide bonds. The third-order valence-electron chi connectivity index (χ3n) is 7.61. The number of halogens is 1. The van der Waals surface area contributed by atoms with Crippen LogP contribution in [-0.4, -0.2) is 33.2 Å². The van der Waals surface area contributed by atoms with Crippen LogP contribution in [0.2, 0.25) is 5.02 Å². The van der Waals surface area contributed by atoms with Crippen LogP contribution in [0.4, 0.5) is 0 Å². The molecule has 0 radical (unpaired) electrons. The summed E-state index contributed by atoms with van der Waals surface area (Å²) in [5.74, 6) is 0.994. The van der Waals surface area contributed by atoms with Crippen molar-refractivity contribution in [2.75, 3.05) is 7.11 Å². The quantitative estimate of drug-likeness (QED) is 0.200. The number of methoxy groups -OCH3 is 1. The number of ether oxygens (including phenoxy) is 2. The molecule has 7 nitrogen and oxygen atoms in total. The first-order valence-corrected chi connectivity index (χ1v) is 14.0. The highest BCUT2D eigenvalue weighted by Gasteiger charge is 2.43. The molecule has 8 heteroatoms. The minimum Gasteiger partial charge on any atom is -0.507 e. The summed E-state index contributed by atoms with van der Waals surface area (Å²) >= 11 is 6.46. The fourth-order valence-corrected chi connectivity index (χ4v) is 5.53. The Labute approximate surface area is 249 Å². The highest BCUT2D eigenvalue weighted by atomic mass is 35.5. The van der Waals surface area contributed by atoms with E-state index in [1.807, 2.05) is 91.5 Å². The second-order valence-electron chi connectivity index (χ2n) is 10.5. The van der Waals surface area contributed by atoms with Crippen LogP contribution in [-0.2, 0) is 13.2 Å². The Bertz CT molecular complexity index is 1770. The monoisotopic (exact) mass is 579 g/mol. The number of nitrogens with one attached hydrogen (secondary N) is 1. The number of hydrogen-bond donors (Lipinski definition) is 2. The molecule has 1 unspecified atom stereocenters. The van der Waals surface area contributed by atoms with Crippen molar-refractivity contribution in [3.63, 3.8) is 0 Å². The van der Waals surface area contributed by atoms with E-state index in [1.165, 1.54) is 0 Å². The molecule has 6 rings (SSSR count). The van der Waals surface area contributed by atoms with E-state index >= 15 is 0 Å². The molecule has 0 spiro atoms.